The second-order valence-electron chi connectivity index (χ2n) is 12.3. The van der Waals surface area contributed by atoms with Crippen LogP contribution in [0.5, 0.6) is 34.5 Å². The van der Waals surface area contributed by atoms with Crippen molar-refractivity contribution in [3.05, 3.63) is 43.5 Å². The predicted molar refractivity (Wildman–Crippen MR) is 167 cm³/mol. The van der Waals surface area contributed by atoms with Crippen molar-refractivity contribution in [2.24, 2.45) is 5.41 Å². The van der Waals surface area contributed by atoms with Crippen LogP contribution in [0, 0.1) is 25.6 Å². The molecule has 0 aliphatic carbocycles. The van der Waals surface area contributed by atoms with E-state index in [1.54, 1.807) is 41.5 Å². The van der Waals surface area contributed by atoms with Gasteiger partial charge in [0.25, 0.3) is 0 Å². The fourth-order valence-electron chi connectivity index (χ4n) is 4.89. The molecular weight excluding hydrogens is 624 g/mol. The van der Waals surface area contributed by atoms with Gasteiger partial charge in [0.15, 0.2) is 16.9 Å². The number of nitro groups is 2. The summed E-state index contributed by atoms with van der Waals surface area (Å²) in [7, 11) is 7.39. The van der Waals surface area contributed by atoms with Gasteiger partial charge >= 0.3 is 23.3 Å². The Labute approximate surface area is 272 Å². The highest BCUT2D eigenvalue weighted by atomic mass is 16.6. The molecule has 0 aliphatic rings. The number of benzene rings is 2. The number of hydrogen-bond donors (Lipinski definition) is 0. The van der Waals surface area contributed by atoms with Gasteiger partial charge in [0.1, 0.15) is 11.2 Å². The van der Waals surface area contributed by atoms with Crippen molar-refractivity contribution in [2.45, 2.75) is 65.6 Å². The van der Waals surface area contributed by atoms with Crippen molar-refractivity contribution in [1.29, 1.82) is 0 Å². The number of nitro benzene ring substituents is 2. The molecule has 16 heteroatoms. The second-order valence-corrected chi connectivity index (χ2v) is 12.3. The lowest BCUT2D eigenvalue weighted by Gasteiger charge is -2.35. The number of ether oxygens (including phenoxy) is 8. The van der Waals surface area contributed by atoms with E-state index in [1.165, 1.54) is 54.8 Å². The SMILES string of the molecule is COc1cc(CC(Cc2cc(OC)c(OC)c(OC)c2[N+](=O)[O-])(C(=O)OC(C)(C)C)C(=O)OC(C)(C)C)c([N+](=O)[O-])c(OC)c1OC. The van der Waals surface area contributed by atoms with Crippen molar-refractivity contribution < 1.29 is 57.3 Å². The summed E-state index contributed by atoms with van der Waals surface area (Å²) in [5.41, 5.74) is -6.63. The van der Waals surface area contributed by atoms with E-state index in [9.17, 15) is 29.8 Å². The first kappa shape index (κ1) is 38.2. The largest absolute Gasteiger partial charge is 0.493 e. The van der Waals surface area contributed by atoms with Crippen LogP contribution in [-0.2, 0) is 31.9 Å². The number of methoxy groups -OCH3 is 6. The van der Waals surface area contributed by atoms with Gasteiger partial charge in [-0.3, -0.25) is 29.8 Å². The quantitative estimate of drug-likeness (QED) is 0.113. The molecule has 0 spiro atoms. The first-order valence-electron chi connectivity index (χ1n) is 14.1. The van der Waals surface area contributed by atoms with Crippen molar-refractivity contribution in [2.75, 3.05) is 42.7 Å². The summed E-state index contributed by atoms with van der Waals surface area (Å²) < 4.78 is 43.6. The average Bonchev–Trinajstić information content (AvgIpc) is 2.96. The molecule has 47 heavy (non-hydrogen) atoms. The van der Waals surface area contributed by atoms with E-state index in [0.717, 1.165) is 0 Å². The normalized spacial score (nSPS) is 11.7. The Kier molecular flexibility index (Phi) is 11.9. The molecular formula is C31H42N2O14. The Bertz CT molecular complexity index is 1410. The molecule has 16 nitrogen and oxygen atoms in total. The molecule has 0 radical (unpaired) electrons. The molecule has 0 bridgehead atoms. The van der Waals surface area contributed by atoms with E-state index >= 15 is 0 Å². The van der Waals surface area contributed by atoms with Gasteiger partial charge in [-0.15, -0.1) is 0 Å². The Morgan fingerprint density at radius 3 is 1.09 bits per heavy atom. The summed E-state index contributed by atoms with van der Waals surface area (Å²) in [6.45, 7) is 9.30. The Hall–Kier alpha value is -5.02. The summed E-state index contributed by atoms with van der Waals surface area (Å²) in [5, 5.41) is 25.1. The zero-order chi connectivity index (χ0) is 36.1. The highest BCUT2D eigenvalue weighted by Crippen LogP contribution is 2.51. The summed E-state index contributed by atoms with van der Waals surface area (Å²) >= 11 is 0. The van der Waals surface area contributed by atoms with Gasteiger partial charge in [-0.1, -0.05) is 0 Å². The van der Waals surface area contributed by atoms with E-state index in [-0.39, 0.29) is 45.6 Å². The van der Waals surface area contributed by atoms with Gasteiger partial charge < -0.3 is 37.9 Å². The third-order valence-electron chi connectivity index (χ3n) is 6.69. The highest BCUT2D eigenvalue weighted by molar-refractivity contribution is 6.01. The van der Waals surface area contributed by atoms with Crippen LogP contribution in [0.3, 0.4) is 0 Å². The molecule has 0 amide bonds. The molecule has 0 N–H and O–H groups in total. The average molecular weight is 667 g/mol. The summed E-state index contributed by atoms with van der Waals surface area (Å²) in [6, 6.07) is 2.43. The van der Waals surface area contributed by atoms with Gasteiger partial charge in [-0.05, 0) is 53.7 Å². The fraction of sp³-hybridized carbons (Fsp3) is 0.548. The number of nitrogens with zero attached hydrogens (tertiary/aromatic N) is 2. The minimum atomic E-state index is -2.49. The standard InChI is InChI=1S/C31H42N2O14/c1-29(2,3)46-27(34)31(28(35)47-30(4,5)6,15-17-13-19(40-7)23(42-9)25(44-11)21(17)32(36)37)16-18-14-20(41-8)24(43-10)26(45-12)22(18)33(38)39/h13-14H,15-16H2,1-12H3. The maximum absolute atomic E-state index is 14.4. The molecule has 0 saturated heterocycles. The Morgan fingerprint density at radius 2 is 0.872 bits per heavy atom. The molecule has 0 saturated carbocycles. The maximum Gasteiger partial charge on any atom is 0.324 e. The molecule has 0 aliphatic heterocycles. The lowest BCUT2D eigenvalue weighted by atomic mass is 9.75. The first-order valence-corrected chi connectivity index (χ1v) is 14.1. The topological polar surface area (TPSA) is 194 Å². The molecule has 0 atom stereocenters. The third-order valence-corrected chi connectivity index (χ3v) is 6.69. The Morgan fingerprint density at radius 1 is 0.574 bits per heavy atom. The molecule has 0 heterocycles. The van der Waals surface area contributed by atoms with Crippen LogP contribution in [0.2, 0.25) is 0 Å². The first-order chi connectivity index (χ1) is 21.7. The van der Waals surface area contributed by atoms with E-state index in [1.807, 2.05) is 0 Å². The fourth-order valence-corrected chi connectivity index (χ4v) is 4.89. The van der Waals surface area contributed by atoms with Crippen LogP contribution in [0.15, 0.2) is 12.1 Å². The number of esters is 2. The van der Waals surface area contributed by atoms with Gasteiger partial charge in [-0.25, -0.2) is 0 Å². The predicted octanol–water partition coefficient (Wildman–Crippen LogP) is 5.01. The summed E-state index contributed by atoms with van der Waals surface area (Å²) in [6.07, 6.45) is -1.53. The van der Waals surface area contributed by atoms with Crippen LogP contribution >= 0.6 is 0 Å². The second kappa shape index (κ2) is 14.6. The minimum Gasteiger partial charge on any atom is -0.493 e. The third kappa shape index (κ3) is 8.23. The van der Waals surface area contributed by atoms with Crippen LogP contribution in [0.1, 0.15) is 52.7 Å². The monoisotopic (exact) mass is 666 g/mol. The number of rotatable bonds is 14. The van der Waals surface area contributed by atoms with Crippen molar-refractivity contribution in [1.82, 2.24) is 0 Å². The van der Waals surface area contributed by atoms with Crippen molar-refractivity contribution in [3.63, 3.8) is 0 Å². The van der Waals surface area contributed by atoms with Crippen LogP contribution in [-0.4, -0.2) is 75.6 Å². The minimum absolute atomic E-state index is 0.0222. The van der Waals surface area contributed by atoms with Crippen LogP contribution in [0.25, 0.3) is 0 Å². The van der Waals surface area contributed by atoms with E-state index < -0.39 is 62.6 Å². The Balaban J connectivity index is 3.22. The van der Waals surface area contributed by atoms with E-state index in [2.05, 4.69) is 0 Å². The number of carbonyl (C=O) groups excluding carboxylic acids is 2. The zero-order valence-electron chi connectivity index (χ0n) is 28.7. The smallest absolute Gasteiger partial charge is 0.324 e. The van der Waals surface area contributed by atoms with Crippen LogP contribution < -0.4 is 28.4 Å². The number of carbonyl (C=O) groups is 2. The summed E-state index contributed by atoms with van der Waals surface area (Å²) in [5.74, 6) is -3.34. The molecule has 2 aromatic rings. The van der Waals surface area contributed by atoms with Gasteiger partial charge in [-0.2, -0.15) is 0 Å². The molecule has 2 aromatic carbocycles. The van der Waals surface area contributed by atoms with Crippen LogP contribution in [0.4, 0.5) is 11.4 Å². The van der Waals surface area contributed by atoms with Crippen molar-refractivity contribution >= 4 is 23.3 Å². The van der Waals surface area contributed by atoms with Gasteiger partial charge in [0.2, 0.25) is 23.0 Å². The number of hydrogen-bond acceptors (Lipinski definition) is 14. The lowest BCUT2D eigenvalue weighted by Crippen LogP contribution is -2.49. The lowest BCUT2D eigenvalue weighted by molar-refractivity contribution is -0.386. The van der Waals surface area contributed by atoms with Gasteiger partial charge in [0, 0.05) is 24.0 Å². The molecule has 0 unspecified atom stereocenters. The molecule has 2 rings (SSSR count). The molecule has 0 fully saturated rings. The van der Waals surface area contributed by atoms with Crippen molar-refractivity contribution in [3.8, 4) is 34.5 Å². The van der Waals surface area contributed by atoms with E-state index in [0.29, 0.717) is 0 Å². The molecule has 0 aromatic heterocycles. The molecule has 260 valence electrons. The van der Waals surface area contributed by atoms with Gasteiger partial charge in [0.05, 0.1) is 52.5 Å². The van der Waals surface area contributed by atoms with E-state index in [4.69, 9.17) is 37.9 Å². The highest BCUT2D eigenvalue weighted by Gasteiger charge is 2.54. The summed E-state index contributed by atoms with van der Waals surface area (Å²) in [4.78, 5) is 52.4. The maximum atomic E-state index is 14.4. The zero-order valence-corrected chi connectivity index (χ0v) is 28.7.